The van der Waals surface area contributed by atoms with Crippen LogP contribution in [0.1, 0.15) is 0 Å². The highest BCUT2D eigenvalue weighted by Gasteiger charge is 1.98. The van der Waals surface area contributed by atoms with Gasteiger partial charge in [-0.3, -0.25) is 0 Å². The molecule has 3 aromatic rings. The zero-order chi connectivity index (χ0) is 14.2. The van der Waals surface area contributed by atoms with E-state index in [1.54, 1.807) is 0 Å². The van der Waals surface area contributed by atoms with Gasteiger partial charge in [0.15, 0.2) is 0 Å². The summed E-state index contributed by atoms with van der Waals surface area (Å²) < 4.78 is 0. The lowest BCUT2D eigenvalue weighted by Gasteiger charge is -2.04. The summed E-state index contributed by atoms with van der Waals surface area (Å²) in [5.74, 6) is 0. The Balaban J connectivity index is 0.000000704. The van der Waals surface area contributed by atoms with Gasteiger partial charge in [-0.05, 0) is 22.3 Å². The van der Waals surface area contributed by atoms with Crippen LogP contribution in [0.2, 0.25) is 0 Å². The second-order valence-electron chi connectivity index (χ2n) is 4.31. The Labute approximate surface area is 120 Å². The summed E-state index contributed by atoms with van der Waals surface area (Å²) in [5, 5.41) is 8.25. The lowest BCUT2D eigenvalue weighted by Crippen LogP contribution is -1.79. The second-order valence-corrected chi connectivity index (χ2v) is 4.31. The van der Waals surface area contributed by atoms with Crippen molar-refractivity contribution < 1.29 is 5.11 Å². The van der Waals surface area contributed by atoms with Crippen molar-refractivity contribution >= 4 is 0 Å². The Bertz CT molecular complexity index is 554. The zero-order valence-corrected chi connectivity index (χ0v) is 11.5. The van der Waals surface area contributed by atoms with Gasteiger partial charge in [-0.25, -0.2) is 5.11 Å². The van der Waals surface area contributed by atoms with Crippen LogP contribution in [0.25, 0.3) is 22.3 Å². The van der Waals surface area contributed by atoms with Crippen molar-refractivity contribution in [2.75, 3.05) is 7.11 Å². The van der Waals surface area contributed by atoms with Crippen LogP contribution >= 0.6 is 0 Å². The molecule has 0 aliphatic carbocycles. The number of hydrogen-bond acceptors (Lipinski definition) is 0. The molecular formula is C19H17O. The molecule has 0 aliphatic rings. The molecule has 0 aliphatic heterocycles. The molecule has 20 heavy (non-hydrogen) atoms. The van der Waals surface area contributed by atoms with E-state index in [0.717, 1.165) is 7.11 Å². The third-order valence-corrected chi connectivity index (χ3v) is 3.10. The van der Waals surface area contributed by atoms with Gasteiger partial charge in [0, 0.05) is 0 Å². The van der Waals surface area contributed by atoms with Crippen molar-refractivity contribution in [1.29, 1.82) is 0 Å². The molecule has 1 heteroatoms. The summed E-state index contributed by atoms with van der Waals surface area (Å²) in [6, 6.07) is 29.6. The average Bonchev–Trinajstić information content (AvgIpc) is 2.58. The lowest BCUT2D eigenvalue weighted by molar-refractivity contribution is 0.282. The van der Waals surface area contributed by atoms with Crippen molar-refractivity contribution in [2.45, 2.75) is 0 Å². The van der Waals surface area contributed by atoms with E-state index in [2.05, 4.69) is 72.8 Å². The molecule has 0 bridgehead atoms. The highest BCUT2D eigenvalue weighted by atomic mass is 16.2. The fraction of sp³-hybridized carbons (Fsp3) is 0.0526. The van der Waals surface area contributed by atoms with Gasteiger partial charge < -0.3 is 0 Å². The zero-order valence-electron chi connectivity index (χ0n) is 11.5. The molecule has 99 valence electrons. The number of benzene rings is 3. The molecular weight excluding hydrogens is 244 g/mol. The molecule has 0 N–H and O–H groups in total. The van der Waals surface area contributed by atoms with E-state index in [4.69, 9.17) is 5.11 Å². The minimum atomic E-state index is 0.750. The van der Waals surface area contributed by atoms with E-state index < -0.39 is 0 Å². The SMILES string of the molecule is C[O].c1ccc(-c2ccc(-c3ccccc3)cc2)cc1. The molecule has 0 aromatic heterocycles. The summed E-state index contributed by atoms with van der Waals surface area (Å²) in [6.45, 7) is 0. The molecule has 0 atom stereocenters. The van der Waals surface area contributed by atoms with E-state index in [9.17, 15) is 0 Å². The van der Waals surface area contributed by atoms with Crippen molar-refractivity contribution in [1.82, 2.24) is 0 Å². The Morgan fingerprint density at radius 3 is 0.950 bits per heavy atom. The van der Waals surface area contributed by atoms with Gasteiger partial charge in [0.05, 0.1) is 7.11 Å². The molecule has 0 amide bonds. The standard InChI is InChI=1S/C18H14.CH3O/c1-3-7-15(8-4-1)17-11-13-18(14-12-17)16-9-5-2-6-10-16;1-2/h1-14H;1H3. The molecule has 1 radical (unpaired) electrons. The number of rotatable bonds is 2. The maximum atomic E-state index is 8.25. The van der Waals surface area contributed by atoms with E-state index in [1.807, 2.05) is 12.1 Å². The fourth-order valence-electron chi connectivity index (χ4n) is 2.12. The molecule has 0 saturated carbocycles. The van der Waals surface area contributed by atoms with E-state index >= 15 is 0 Å². The van der Waals surface area contributed by atoms with Crippen molar-refractivity contribution in [3.8, 4) is 22.3 Å². The normalized spacial score (nSPS) is 9.50. The van der Waals surface area contributed by atoms with Crippen LogP contribution in [0.3, 0.4) is 0 Å². The van der Waals surface area contributed by atoms with Gasteiger partial charge in [0.2, 0.25) is 0 Å². The van der Waals surface area contributed by atoms with Gasteiger partial charge in [0.1, 0.15) is 0 Å². The van der Waals surface area contributed by atoms with Gasteiger partial charge in [-0.15, -0.1) is 0 Å². The molecule has 1 nitrogen and oxygen atoms in total. The summed E-state index contributed by atoms with van der Waals surface area (Å²) in [7, 11) is 0.750. The molecule has 3 rings (SSSR count). The van der Waals surface area contributed by atoms with Gasteiger partial charge in [-0.2, -0.15) is 0 Å². The predicted octanol–water partition coefficient (Wildman–Crippen LogP) is 5.07. The Morgan fingerprint density at radius 1 is 0.400 bits per heavy atom. The van der Waals surface area contributed by atoms with Crippen LogP contribution in [0, 0.1) is 0 Å². The van der Waals surface area contributed by atoms with Crippen LogP contribution in [-0.2, 0) is 5.11 Å². The van der Waals surface area contributed by atoms with Gasteiger partial charge in [0.25, 0.3) is 0 Å². The quantitative estimate of drug-likeness (QED) is 0.614. The van der Waals surface area contributed by atoms with E-state index in [1.165, 1.54) is 22.3 Å². The summed E-state index contributed by atoms with van der Waals surface area (Å²) in [4.78, 5) is 0. The average molecular weight is 261 g/mol. The molecule has 0 saturated heterocycles. The second kappa shape index (κ2) is 7.27. The summed E-state index contributed by atoms with van der Waals surface area (Å²) in [5.41, 5.74) is 5.04. The third kappa shape index (κ3) is 3.34. The monoisotopic (exact) mass is 261 g/mol. The fourth-order valence-corrected chi connectivity index (χ4v) is 2.12. The van der Waals surface area contributed by atoms with Crippen LogP contribution in [-0.4, -0.2) is 7.11 Å². The van der Waals surface area contributed by atoms with E-state index in [-0.39, 0.29) is 0 Å². The molecule has 0 unspecified atom stereocenters. The molecule has 0 heterocycles. The van der Waals surface area contributed by atoms with Crippen molar-refractivity contribution in [3.63, 3.8) is 0 Å². The first-order valence-corrected chi connectivity index (χ1v) is 6.55. The first kappa shape index (κ1) is 14.0. The highest BCUT2D eigenvalue weighted by Crippen LogP contribution is 2.24. The van der Waals surface area contributed by atoms with Crippen LogP contribution in [0.5, 0.6) is 0 Å². The molecule has 0 spiro atoms. The molecule has 0 fully saturated rings. The predicted molar refractivity (Wildman–Crippen MR) is 83.9 cm³/mol. The van der Waals surface area contributed by atoms with Crippen molar-refractivity contribution in [2.24, 2.45) is 0 Å². The first-order chi connectivity index (χ1) is 9.93. The maximum absolute atomic E-state index is 8.25. The van der Waals surface area contributed by atoms with Crippen LogP contribution < -0.4 is 0 Å². The summed E-state index contributed by atoms with van der Waals surface area (Å²) >= 11 is 0. The first-order valence-electron chi connectivity index (χ1n) is 6.55. The lowest BCUT2D eigenvalue weighted by atomic mass is 10.0. The largest absolute Gasteiger partial charge is 0.240 e. The Kier molecular flexibility index (Phi) is 5.10. The number of hydrogen-bond donors (Lipinski definition) is 0. The third-order valence-electron chi connectivity index (χ3n) is 3.10. The van der Waals surface area contributed by atoms with Gasteiger partial charge in [-0.1, -0.05) is 84.9 Å². The van der Waals surface area contributed by atoms with Crippen LogP contribution in [0.15, 0.2) is 84.9 Å². The maximum Gasteiger partial charge on any atom is 0.0712 e. The minimum absolute atomic E-state index is 0.750. The van der Waals surface area contributed by atoms with Crippen molar-refractivity contribution in [3.05, 3.63) is 84.9 Å². The topological polar surface area (TPSA) is 19.9 Å². The summed E-state index contributed by atoms with van der Waals surface area (Å²) in [6.07, 6.45) is 0. The molecule has 3 aromatic carbocycles. The van der Waals surface area contributed by atoms with E-state index in [0.29, 0.717) is 0 Å². The van der Waals surface area contributed by atoms with Crippen LogP contribution in [0.4, 0.5) is 0 Å². The minimum Gasteiger partial charge on any atom is -0.240 e. The Morgan fingerprint density at radius 2 is 0.650 bits per heavy atom. The Hall–Kier alpha value is -2.38. The smallest absolute Gasteiger partial charge is 0.0712 e. The highest BCUT2D eigenvalue weighted by molar-refractivity contribution is 5.70. The van der Waals surface area contributed by atoms with Gasteiger partial charge >= 0.3 is 0 Å².